The van der Waals surface area contributed by atoms with Crippen LogP contribution in [0.1, 0.15) is 32.8 Å². The van der Waals surface area contributed by atoms with Crippen molar-refractivity contribution in [1.82, 2.24) is 4.90 Å². The number of carbonyl (C=O) groups is 1. The van der Waals surface area contributed by atoms with Crippen LogP contribution in [0, 0.1) is 0 Å². The molecule has 1 aromatic rings. The summed E-state index contributed by atoms with van der Waals surface area (Å²) in [5.41, 5.74) is 1.05. The smallest absolute Gasteiger partial charge is 0.410 e. The number of hydrogen-bond acceptors (Lipinski definition) is 8. The highest BCUT2D eigenvalue weighted by Gasteiger charge is 2.27. The van der Waals surface area contributed by atoms with E-state index in [0.717, 1.165) is 11.1 Å². The summed E-state index contributed by atoms with van der Waals surface area (Å²) in [5, 5.41) is 9.51. The van der Waals surface area contributed by atoms with Gasteiger partial charge in [0.05, 0.1) is 37.5 Å². The van der Waals surface area contributed by atoms with Crippen molar-refractivity contribution in [3.05, 3.63) is 46.0 Å². The van der Waals surface area contributed by atoms with E-state index in [1.165, 1.54) is 4.90 Å². The first kappa shape index (κ1) is 30.1. The molecule has 0 radical (unpaired) electrons. The number of hydrogen-bond donors (Lipinski definition) is 1. The van der Waals surface area contributed by atoms with Crippen molar-refractivity contribution in [2.75, 3.05) is 47.9 Å². The van der Waals surface area contributed by atoms with Crippen molar-refractivity contribution in [1.29, 1.82) is 0 Å². The monoisotopic (exact) mass is 571 g/mol. The molecule has 10 heteroatoms. The van der Waals surface area contributed by atoms with Gasteiger partial charge in [-0.25, -0.2) is 4.79 Å². The fourth-order valence-corrected chi connectivity index (χ4v) is 3.95. The Morgan fingerprint density at radius 2 is 2.00 bits per heavy atom. The molecule has 0 aromatic heterocycles. The molecule has 0 spiro atoms. The van der Waals surface area contributed by atoms with E-state index in [1.54, 1.807) is 33.4 Å². The van der Waals surface area contributed by atoms with Crippen LogP contribution in [-0.2, 0) is 25.5 Å². The third-order valence-electron chi connectivity index (χ3n) is 5.18. The number of aliphatic hydroxyl groups excluding tert-OH is 1. The largest absolute Gasteiger partial charge is 0.493 e. The van der Waals surface area contributed by atoms with E-state index in [1.807, 2.05) is 39.0 Å². The number of amides is 1. The summed E-state index contributed by atoms with van der Waals surface area (Å²) in [6, 6.07) is 3.66. The summed E-state index contributed by atoms with van der Waals surface area (Å²) in [7, 11) is 4.85. The van der Waals surface area contributed by atoms with Gasteiger partial charge in [0.15, 0.2) is 11.5 Å². The molecule has 0 unspecified atom stereocenters. The van der Waals surface area contributed by atoms with E-state index >= 15 is 0 Å². The second kappa shape index (κ2) is 14.6. The van der Waals surface area contributed by atoms with E-state index in [0.29, 0.717) is 42.2 Å². The van der Waals surface area contributed by atoms with Gasteiger partial charge in [-0.05, 0) is 53.9 Å². The molecule has 1 aliphatic carbocycles. The van der Waals surface area contributed by atoms with Crippen LogP contribution >= 0.6 is 15.9 Å². The van der Waals surface area contributed by atoms with Gasteiger partial charge < -0.3 is 38.4 Å². The molecular weight excluding hydrogens is 534 g/mol. The van der Waals surface area contributed by atoms with E-state index in [-0.39, 0.29) is 19.5 Å². The summed E-state index contributed by atoms with van der Waals surface area (Å²) in [6.45, 7) is 6.72. The maximum Gasteiger partial charge on any atom is 0.410 e. The van der Waals surface area contributed by atoms with Crippen LogP contribution < -0.4 is 9.47 Å². The predicted octanol–water partition coefficient (Wildman–Crippen LogP) is 4.46. The molecule has 202 valence electrons. The van der Waals surface area contributed by atoms with Crippen LogP contribution in [0.3, 0.4) is 0 Å². The topological polar surface area (TPSA) is 95.9 Å². The Kier molecular flexibility index (Phi) is 12.2. The van der Waals surface area contributed by atoms with Crippen molar-refractivity contribution in [2.45, 2.75) is 51.5 Å². The van der Waals surface area contributed by atoms with Crippen molar-refractivity contribution in [3.8, 4) is 11.5 Å². The molecule has 0 aliphatic heterocycles. The summed E-state index contributed by atoms with van der Waals surface area (Å²) >= 11 is 3.65. The van der Waals surface area contributed by atoms with E-state index < -0.39 is 17.8 Å². The van der Waals surface area contributed by atoms with Crippen LogP contribution in [0.15, 0.2) is 40.4 Å². The second-order valence-electron chi connectivity index (χ2n) is 9.22. The van der Waals surface area contributed by atoms with Gasteiger partial charge in [-0.1, -0.05) is 24.3 Å². The molecule has 0 bridgehead atoms. The molecule has 1 aliphatic rings. The first-order chi connectivity index (χ1) is 17.1. The van der Waals surface area contributed by atoms with Gasteiger partial charge in [0.1, 0.15) is 18.5 Å². The first-order valence-corrected chi connectivity index (χ1v) is 12.5. The summed E-state index contributed by atoms with van der Waals surface area (Å²) in [4.78, 5) is 14.0. The number of methoxy groups -OCH3 is 2. The molecular formula is C26H38BrNO8. The van der Waals surface area contributed by atoms with E-state index in [4.69, 9.17) is 28.4 Å². The maximum atomic E-state index is 12.5. The molecule has 2 atom stereocenters. The number of rotatable bonds is 12. The zero-order valence-electron chi connectivity index (χ0n) is 21.9. The highest BCUT2D eigenvalue weighted by Crippen LogP contribution is 2.40. The minimum Gasteiger partial charge on any atom is -0.493 e. The third-order valence-corrected chi connectivity index (χ3v) is 6.05. The number of benzene rings is 1. The third kappa shape index (κ3) is 9.40. The standard InChI is InChI=1S/C26H38BrNO8/c1-26(2,3)36-25(30)28(4)16-19-8-10-21(32-6)24(23(19)27)35-22-15-20(9-7-18(22)11-12-29)34-17-33-14-13-31-5/h7-11,20,22,29H,12-17H2,1-6H3/b18-11+/t20-,22-/m0/s1. The molecule has 9 nitrogen and oxygen atoms in total. The van der Waals surface area contributed by atoms with Gasteiger partial charge in [0.25, 0.3) is 0 Å². The van der Waals surface area contributed by atoms with Gasteiger partial charge in [0, 0.05) is 27.1 Å². The van der Waals surface area contributed by atoms with Crippen molar-refractivity contribution < 1.29 is 38.3 Å². The van der Waals surface area contributed by atoms with Gasteiger partial charge in [-0.15, -0.1) is 0 Å². The normalized spacial score (nSPS) is 18.8. The molecule has 1 N–H and O–H groups in total. The number of carbonyl (C=O) groups excluding carboxylic acids is 1. The lowest BCUT2D eigenvalue weighted by Gasteiger charge is -2.29. The van der Waals surface area contributed by atoms with Gasteiger partial charge in [-0.2, -0.15) is 0 Å². The summed E-state index contributed by atoms with van der Waals surface area (Å²) in [5.74, 6) is 1.02. The SMILES string of the molecule is COCCOCO[C@H]1C=C/C(=C\CO)[C@@H](Oc2c(OC)ccc(CN(C)C(=O)OC(C)(C)C)c2Br)C1. The molecule has 1 aromatic carbocycles. The first-order valence-electron chi connectivity index (χ1n) is 11.7. The Hall–Kier alpha value is -2.11. The zero-order chi connectivity index (χ0) is 26.7. The van der Waals surface area contributed by atoms with Gasteiger partial charge in [-0.3, -0.25) is 0 Å². The number of nitrogens with zero attached hydrogens (tertiary/aromatic N) is 1. The summed E-state index contributed by atoms with van der Waals surface area (Å²) in [6.07, 6.45) is 4.94. The second-order valence-corrected chi connectivity index (χ2v) is 10.0. The van der Waals surface area contributed by atoms with Crippen molar-refractivity contribution in [3.63, 3.8) is 0 Å². The van der Waals surface area contributed by atoms with Gasteiger partial charge in [0.2, 0.25) is 0 Å². The van der Waals surface area contributed by atoms with Crippen LogP contribution in [-0.4, -0.2) is 81.8 Å². The highest BCUT2D eigenvalue weighted by atomic mass is 79.9. The predicted molar refractivity (Wildman–Crippen MR) is 139 cm³/mol. The molecule has 2 rings (SSSR count). The lowest BCUT2D eigenvalue weighted by atomic mass is 9.96. The Morgan fingerprint density at radius 3 is 2.64 bits per heavy atom. The van der Waals surface area contributed by atoms with Crippen molar-refractivity contribution >= 4 is 22.0 Å². The van der Waals surface area contributed by atoms with Crippen LogP contribution in [0.25, 0.3) is 0 Å². The number of ether oxygens (including phenoxy) is 6. The van der Waals surface area contributed by atoms with Gasteiger partial charge >= 0.3 is 6.09 Å². The molecule has 0 saturated carbocycles. The van der Waals surface area contributed by atoms with E-state index in [2.05, 4.69) is 15.9 Å². The molecule has 36 heavy (non-hydrogen) atoms. The molecule has 0 saturated heterocycles. The van der Waals surface area contributed by atoms with Crippen LogP contribution in [0.4, 0.5) is 4.79 Å². The summed E-state index contributed by atoms with van der Waals surface area (Å²) < 4.78 is 34.3. The lowest BCUT2D eigenvalue weighted by molar-refractivity contribution is -0.0915. The minimum atomic E-state index is -0.589. The van der Waals surface area contributed by atoms with Crippen molar-refractivity contribution in [2.24, 2.45) is 0 Å². The van der Waals surface area contributed by atoms with Crippen LogP contribution in [0.2, 0.25) is 0 Å². The zero-order valence-corrected chi connectivity index (χ0v) is 23.5. The molecule has 0 heterocycles. The number of aliphatic hydroxyl groups is 1. The molecule has 0 fully saturated rings. The average Bonchev–Trinajstić information content (AvgIpc) is 2.82. The highest BCUT2D eigenvalue weighted by molar-refractivity contribution is 9.10. The number of halogens is 1. The lowest BCUT2D eigenvalue weighted by Crippen LogP contribution is -2.34. The Morgan fingerprint density at radius 1 is 1.25 bits per heavy atom. The molecule has 1 amide bonds. The Bertz CT molecular complexity index is 912. The fourth-order valence-electron chi connectivity index (χ4n) is 3.41. The van der Waals surface area contributed by atoms with Crippen LogP contribution in [0.5, 0.6) is 11.5 Å². The maximum absolute atomic E-state index is 12.5. The average molecular weight is 572 g/mol. The Labute approximate surface area is 222 Å². The Balaban J connectivity index is 2.20. The minimum absolute atomic E-state index is 0.121. The fraction of sp³-hybridized carbons (Fsp3) is 0.577. The van der Waals surface area contributed by atoms with E-state index in [9.17, 15) is 9.90 Å². The quantitative estimate of drug-likeness (QED) is 0.290.